The standard InChI is InChI=1S/C16H12FNO2/c1-20-11-7-5-10(6-8-11)14-9-15(19)16-12(17)3-2-4-13(16)18-14/h2-9H,1H3,(H,18,19). The summed E-state index contributed by atoms with van der Waals surface area (Å²) < 4.78 is 18.7. The number of aromatic amines is 1. The molecule has 0 fully saturated rings. The molecule has 20 heavy (non-hydrogen) atoms. The molecular formula is C16H12FNO2. The summed E-state index contributed by atoms with van der Waals surface area (Å²) >= 11 is 0. The highest BCUT2D eigenvalue weighted by molar-refractivity contribution is 5.81. The third-order valence-corrected chi connectivity index (χ3v) is 3.21. The second kappa shape index (κ2) is 4.81. The molecule has 0 amide bonds. The number of nitrogens with one attached hydrogen (secondary N) is 1. The highest BCUT2D eigenvalue weighted by Crippen LogP contribution is 2.22. The van der Waals surface area contributed by atoms with E-state index in [-0.39, 0.29) is 10.8 Å². The van der Waals surface area contributed by atoms with E-state index < -0.39 is 5.82 Å². The lowest BCUT2D eigenvalue weighted by atomic mass is 10.1. The van der Waals surface area contributed by atoms with Crippen molar-refractivity contribution in [1.29, 1.82) is 0 Å². The summed E-state index contributed by atoms with van der Waals surface area (Å²) in [5.41, 5.74) is 1.65. The molecule has 1 N–H and O–H groups in total. The minimum Gasteiger partial charge on any atom is -0.497 e. The fourth-order valence-corrected chi connectivity index (χ4v) is 2.19. The molecule has 3 rings (SSSR count). The van der Waals surface area contributed by atoms with Gasteiger partial charge in [0.1, 0.15) is 11.6 Å². The van der Waals surface area contributed by atoms with E-state index >= 15 is 0 Å². The Morgan fingerprint density at radius 2 is 1.85 bits per heavy atom. The van der Waals surface area contributed by atoms with Crippen LogP contribution in [0.2, 0.25) is 0 Å². The molecule has 3 aromatic rings. The number of aromatic nitrogens is 1. The minimum atomic E-state index is -0.509. The summed E-state index contributed by atoms with van der Waals surface area (Å²) in [4.78, 5) is 15.1. The first-order chi connectivity index (χ1) is 9.69. The van der Waals surface area contributed by atoms with Gasteiger partial charge in [0, 0.05) is 11.8 Å². The summed E-state index contributed by atoms with van der Waals surface area (Å²) in [6, 6.07) is 13.3. The summed E-state index contributed by atoms with van der Waals surface area (Å²) in [5, 5.41) is 0.0877. The van der Waals surface area contributed by atoms with Crippen LogP contribution in [0.3, 0.4) is 0 Å². The lowest BCUT2D eigenvalue weighted by Crippen LogP contribution is -2.05. The van der Waals surface area contributed by atoms with E-state index in [1.807, 2.05) is 24.3 Å². The fraction of sp³-hybridized carbons (Fsp3) is 0.0625. The van der Waals surface area contributed by atoms with Gasteiger partial charge in [-0.25, -0.2) is 4.39 Å². The van der Waals surface area contributed by atoms with Crippen molar-refractivity contribution in [2.45, 2.75) is 0 Å². The second-order valence-electron chi connectivity index (χ2n) is 4.44. The lowest BCUT2D eigenvalue weighted by Gasteiger charge is -2.06. The third-order valence-electron chi connectivity index (χ3n) is 3.21. The SMILES string of the molecule is COc1ccc(-c2cc(=O)c3c(F)cccc3[nH]2)cc1. The van der Waals surface area contributed by atoms with Gasteiger partial charge < -0.3 is 9.72 Å². The number of hydrogen-bond donors (Lipinski definition) is 1. The predicted octanol–water partition coefficient (Wildman–Crippen LogP) is 3.34. The van der Waals surface area contributed by atoms with Crippen molar-refractivity contribution >= 4 is 10.9 Å². The molecule has 4 heteroatoms. The Morgan fingerprint density at radius 3 is 2.55 bits per heavy atom. The zero-order valence-corrected chi connectivity index (χ0v) is 10.8. The second-order valence-corrected chi connectivity index (χ2v) is 4.44. The maximum atomic E-state index is 13.6. The maximum Gasteiger partial charge on any atom is 0.192 e. The van der Waals surface area contributed by atoms with Crippen LogP contribution in [-0.4, -0.2) is 12.1 Å². The molecule has 1 aromatic heterocycles. The van der Waals surface area contributed by atoms with Gasteiger partial charge in [-0.05, 0) is 42.0 Å². The van der Waals surface area contributed by atoms with Crippen molar-refractivity contribution in [3.63, 3.8) is 0 Å². The molecule has 0 unspecified atom stereocenters. The number of hydrogen-bond acceptors (Lipinski definition) is 2. The number of pyridine rings is 1. The number of halogens is 1. The normalized spacial score (nSPS) is 10.7. The van der Waals surface area contributed by atoms with Crippen molar-refractivity contribution in [2.75, 3.05) is 7.11 Å². The molecule has 0 saturated heterocycles. The van der Waals surface area contributed by atoms with Gasteiger partial charge in [0.05, 0.1) is 18.0 Å². The van der Waals surface area contributed by atoms with Crippen molar-refractivity contribution in [3.8, 4) is 17.0 Å². The monoisotopic (exact) mass is 269 g/mol. The first-order valence-corrected chi connectivity index (χ1v) is 6.15. The Hall–Kier alpha value is -2.62. The fourth-order valence-electron chi connectivity index (χ4n) is 2.19. The van der Waals surface area contributed by atoms with Gasteiger partial charge in [-0.1, -0.05) is 6.07 Å². The van der Waals surface area contributed by atoms with Crippen molar-refractivity contribution < 1.29 is 9.13 Å². The van der Waals surface area contributed by atoms with E-state index in [2.05, 4.69) is 4.98 Å². The number of fused-ring (bicyclic) bond motifs is 1. The number of H-pyrrole nitrogens is 1. The molecule has 0 radical (unpaired) electrons. The van der Waals surface area contributed by atoms with E-state index in [9.17, 15) is 9.18 Å². The lowest BCUT2D eigenvalue weighted by molar-refractivity contribution is 0.415. The predicted molar refractivity (Wildman–Crippen MR) is 76.5 cm³/mol. The Bertz CT molecular complexity index is 822. The number of rotatable bonds is 2. The van der Waals surface area contributed by atoms with Gasteiger partial charge >= 0.3 is 0 Å². The van der Waals surface area contributed by atoms with Crippen LogP contribution in [0.15, 0.2) is 53.3 Å². The van der Waals surface area contributed by atoms with Crippen LogP contribution in [0.1, 0.15) is 0 Å². The molecule has 2 aromatic carbocycles. The van der Waals surface area contributed by atoms with Crippen LogP contribution in [0.4, 0.5) is 4.39 Å². The number of benzene rings is 2. The zero-order valence-electron chi connectivity index (χ0n) is 10.8. The van der Waals surface area contributed by atoms with Crippen LogP contribution < -0.4 is 10.2 Å². The molecule has 0 aliphatic heterocycles. The summed E-state index contributed by atoms with van der Waals surface area (Å²) in [6.07, 6.45) is 0. The van der Waals surface area contributed by atoms with Crippen molar-refractivity contribution in [2.24, 2.45) is 0 Å². The van der Waals surface area contributed by atoms with Crippen LogP contribution in [0.5, 0.6) is 5.75 Å². The van der Waals surface area contributed by atoms with E-state index in [4.69, 9.17) is 4.74 Å². The molecule has 100 valence electrons. The molecule has 1 heterocycles. The summed E-state index contributed by atoms with van der Waals surface area (Å²) in [6.45, 7) is 0. The molecule has 0 saturated carbocycles. The topological polar surface area (TPSA) is 42.1 Å². The Kier molecular flexibility index (Phi) is 2.99. The van der Waals surface area contributed by atoms with E-state index in [0.717, 1.165) is 11.3 Å². The van der Waals surface area contributed by atoms with Crippen molar-refractivity contribution in [3.05, 3.63) is 64.6 Å². The molecule has 0 atom stereocenters. The van der Waals surface area contributed by atoms with E-state index in [1.165, 1.54) is 12.1 Å². The largest absolute Gasteiger partial charge is 0.497 e. The van der Waals surface area contributed by atoms with E-state index in [1.54, 1.807) is 19.2 Å². The van der Waals surface area contributed by atoms with Crippen LogP contribution in [0.25, 0.3) is 22.2 Å². The minimum absolute atomic E-state index is 0.0877. The average Bonchev–Trinajstić information content (AvgIpc) is 2.47. The first-order valence-electron chi connectivity index (χ1n) is 6.15. The van der Waals surface area contributed by atoms with Crippen LogP contribution >= 0.6 is 0 Å². The van der Waals surface area contributed by atoms with Crippen molar-refractivity contribution in [1.82, 2.24) is 4.98 Å². The molecular weight excluding hydrogens is 257 g/mol. The Morgan fingerprint density at radius 1 is 1.10 bits per heavy atom. The molecule has 3 nitrogen and oxygen atoms in total. The zero-order chi connectivity index (χ0) is 14.1. The summed E-state index contributed by atoms with van der Waals surface area (Å²) in [5.74, 6) is 0.230. The molecule has 0 bridgehead atoms. The smallest absolute Gasteiger partial charge is 0.192 e. The van der Waals surface area contributed by atoms with Gasteiger partial charge in [-0.2, -0.15) is 0 Å². The third kappa shape index (κ3) is 2.05. The Balaban J connectivity index is 2.19. The van der Waals surface area contributed by atoms with Crippen LogP contribution in [-0.2, 0) is 0 Å². The van der Waals surface area contributed by atoms with Gasteiger partial charge in [-0.15, -0.1) is 0 Å². The maximum absolute atomic E-state index is 13.6. The van der Waals surface area contributed by atoms with E-state index in [0.29, 0.717) is 11.2 Å². The first kappa shape index (κ1) is 12.4. The number of methoxy groups -OCH3 is 1. The number of ether oxygens (including phenoxy) is 1. The average molecular weight is 269 g/mol. The van der Waals surface area contributed by atoms with Gasteiger partial charge in [0.2, 0.25) is 0 Å². The molecule has 0 aliphatic rings. The summed E-state index contributed by atoms with van der Waals surface area (Å²) in [7, 11) is 1.59. The highest BCUT2D eigenvalue weighted by Gasteiger charge is 2.08. The van der Waals surface area contributed by atoms with Gasteiger partial charge in [-0.3, -0.25) is 4.79 Å². The highest BCUT2D eigenvalue weighted by atomic mass is 19.1. The quantitative estimate of drug-likeness (QED) is 0.775. The molecule has 0 spiro atoms. The molecule has 0 aliphatic carbocycles. The van der Waals surface area contributed by atoms with Crippen LogP contribution in [0, 0.1) is 5.82 Å². The van der Waals surface area contributed by atoms with Gasteiger partial charge in [0.25, 0.3) is 0 Å². The Labute approximate surface area is 114 Å². The van der Waals surface area contributed by atoms with Gasteiger partial charge in [0.15, 0.2) is 5.43 Å².